The molecule has 174 valence electrons. The van der Waals surface area contributed by atoms with E-state index >= 15 is 0 Å². The fraction of sp³-hybridized carbons (Fsp3) is 0.571. The molecule has 1 atom stereocenters. The van der Waals surface area contributed by atoms with Crippen LogP contribution in [0.5, 0.6) is 5.75 Å². The van der Waals surface area contributed by atoms with E-state index in [2.05, 4.69) is 28.1 Å². The van der Waals surface area contributed by atoms with E-state index in [0.717, 1.165) is 43.7 Å². The second-order valence-electron chi connectivity index (χ2n) is 10.8. The van der Waals surface area contributed by atoms with Crippen molar-refractivity contribution in [1.29, 1.82) is 0 Å². The van der Waals surface area contributed by atoms with Gasteiger partial charge in [0.25, 0.3) is 5.91 Å². The summed E-state index contributed by atoms with van der Waals surface area (Å²) < 4.78 is 5.76. The maximum atomic E-state index is 13.1. The lowest BCUT2D eigenvalue weighted by atomic mass is 9.80. The minimum atomic E-state index is -0.00823. The molecule has 2 aliphatic heterocycles. The van der Waals surface area contributed by atoms with Gasteiger partial charge in [0.1, 0.15) is 11.4 Å². The van der Waals surface area contributed by atoms with Crippen LogP contribution in [0.4, 0.5) is 0 Å². The SMILES string of the molecule is CN(C(=O)c1ccc(OCC2CC2)cn1)C1Cc2ccc(CN3CC4CCC3CC4)cc2C1. The highest BCUT2D eigenvalue weighted by atomic mass is 16.5. The van der Waals surface area contributed by atoms with Crippen molar-refractivity contribution in [3.05, 3.63) is 58.9 Å². The molecule has 7 rings (SSSR count). The highest BCUT2D eigenvalue weighted by molar-refractivity contribution is 5.92. The number of carbonyl (C=O) groups excluding carboxylic acids is 1. The average molecular weight is 446 g/mol. The topological polar surface area (TPSA) is 45.7 Å². The molecule has 4 fully saturated rings. The normalized spacial score (nSPS) is 26.3. The molecule has 5 nitrogen and oxygen atoms in total. The molecule has 2 aromatic rings. The van der Waals surface area contributed by atoms with Crippen molar-refractivity contribution in [1.82, 2.24) is 14.8 Å². The van der Waals surface area contributed by atoms with Gasteiger partial charge in [0.15, 0.2) is 0 Å². The van der Waals surface area contributed by atoms with Crippen molar-refractivity contribution < 1.29 is 9.53 Å². The van der Waals surface area contributed by atoms with Gasteiger partial charge in [0.2, 0.25) is 0 Å². The summed E-state index contributed by atoms with van der Waals surface area (Å²) in [6, 6.07) is 11.7. The van der Waals surface area contributed by atoms with Gasteiger partial charge in [-0.1, -0.05) is 18.2 Å². The van der Waals surface area contributed by atoms with E-state index in [0.29, 0.717) is 11.6 Å². The number of hydrogen-bond donors (Lipinski definition) is 0. The Kier molecular flexibility index (Phi) is 5.61. The average Bonchev–Trinajstić information content (AvgIpc) is 3.59. The van der Waals surface area contributed by atoms with Crippen LogP contribution in [0.15, 0.2) is 36.5 Å². The second kappa shape index (κ2) is 8.75. The summed E-state index contributed by atoms with van der Waals surface area (Å²) in [4.78, 5) is 22.1. The lowest BCUT2D eigenvalue weighted by molar-refractivity contribution is 0.0426. The number of hydrogen-bond acceptors (Lipinski definition) is 4. The van der Waals surface area contributed by atoms with E-state index in [-0.39, 0.29) is 11.9 Å². The van der Waals surface area contributed by atoms with Crippen LogP contribution in [0.2, 0.25) is 0 Å². The van der Waals surface area contributed by atoms with Crippen LogP contribution >= 0.6 is 0 Å². The van der Waals surface area contributed by atoms with Crippen LogP contribution in [-0.4, -0.2) is 53.0 Å². The third kappa shape index (κ3) is 4.52. The minimum absolute atomic E-state index is 0.00823. The molecule has 1 amide bonds. The van der Waals surface area contributed by atoms with Crippen LogP contribution < -0.4 is 4.74 Å². The number of ether oxygens (including phenoxy) is 1. The highest BCUT2D eigenvalue weighted by Crippen LogP contribution is 2.36. The number of benzene rings is 1. The van der Waals surface area contributed by atoms with Crippen molar-refractivity contribution in [2.45, 2.75) is 70.0 Å². The van der Waals surface area contributed by atoms with Crippen LogP contribution in [0, 0.1) is 11.8 Å². The smallest absolute Gasteiger partial charge is 0.272 e. The van der Waals surface area contributed by atoms with Gasteiger partial charge in [-0.3, -0.25) is 9.69 Å². The quantitative estimate of drug-likeness (QED) is 0.630. The number of carbonyl (C=O) groups is 1. The van der Waals surface area contributed by atoms with E-state index in [1.54, 1.807) is 12.3 Å². The van der Waals surface area contributed by atoms with Crippen LogP contribution in [0.3, 0.4) is 0 Å². The predicted molar refractivity (Wildman–Crippen MR) is 128 cm³/mol. The van der Waals surface area contributed by atoms with Crippen molar-refractivity contribution in [2.75, 3.05) is 20.2 Å². The molecule has 0 N–H and O–H groups in total. The van der Waals surface area contributed by atoms with Crippen LogP contribution in [0.1, 0.15) is 65.7 Å². The van der Waals surface area contributed by atoms with Gasteiger partial charge in [-0.25, -0.2) is 4.98 Å². The highest BCUT2D eigenvalue weighted by Gasteiger charge is 2.34. The summed E-state index contributed by atoms with van der Waals surface area (Å²) in [6.45, 7) is 3.11. The van der Waals surface area contributed by atoms with Gasteiger partial charge in [0.05, 0.1) is 12.8 Å². The molecule has 1 aromatic heterocycles. The van der Waals surface area contributed by atoms with E-state index in [1.807, 2.05) is 18.0 Å². The van der Waals surface area contributed by atoms with Crippen molar-refractivity contribution in [3.63, 3.8) is 0 Å². The Bertz CT molecular complexity index is 1010. The molecule has 3 aliphatic carbocycles. The molecule has 2 bridgehead atoms. The van der Waals surface area contributed by atoms with Crippen molar-refractivity contribution in [2.24, 2.45) is 11.8 Å². The van der Waals surface area contributed by atoms with Gasteiger partial charge in [-0.2, -0.15) is 0 Å². The second-order valence-corrected chi connectivity index (χ2v) is 10.8. The first-order valence-corrected chi connectivity index (χ1v) is 12.8. The molecular formula is C28H35N3O2. The van der Waals surface area contributed by atoms with E-state index in [1.165, 1.54) is 61.8 Å². The van der Waals surface area contributed by atoms with Gasteiger partial charge in [-0.15, -0.1) is 0 Å². The zero-order valence-corrected chi connectivity index (χ0v) is 19.7. The van der Waals surface area contributed by atoms with Crippen LogP contribution in [0.25, 0.3) is 0 Å². The molecule has 2 saturated heterocycles. The number of pyridine rings is 1. The third-order valence-corrected chi connectivity index (χ3v) is 8.40. The summed E-state index contributed by atoms with van der Waals surface area (Å²) in [6.07, 6.45) is 11.7. The van der Waals surface area contributed by atoms with Gasteiger partial charge < -0.3 is 9.64 Å². The first kappa shape index (κ1) is 21.2. The van der Waals surface area contributed by atoms with Gasteiger partial charge >= 0.3 is 0 Å². The molecule has 1 unspecified atom stereocenters. The number of nitrogens with zero attached hydrogens (tertiary/aromatic N) is 3. The van der Waals surface area contributed by atoms with Gasteiger partial charge in [0, 0.05) is 32.2 Å². The lowest BCUT2D eigenvalue weighted by Crippen LogP contribution is -2.47. The Morgan fingerprint density at radius 2 is 1.88 bits per heavy atom. The summed E-state index contributed by atoms with van der Waals surface area (Å²) in [5.74, 6) is 2.37. The first-order valence-electron chi connectivity index (χ1n) is 12.8. The molecule has 0 spiro atoms. The Hall–Kier alpha value is -2.40. The van der Waals surface area contributed by atoms with Crippen molar-refractivity contribution >= 4 is 5.91 Å². The fourth-order valence-electron chi connectivity index (χ4n) is 6.06. The monoisotopic (exact) mass is 445 g/mol. The number of fused-ring (bicyclic) bond motifs is 4. The standard InChI is InChI=1S/C28H35N3O2/c1-30(28(32)27-11-10-26(15-29-27)33-18-20-2-3-20)25-13-22-7-4-21(12-23(22)14-25)17-31-16-19-5-8-24(31)9-6-19/h4,7,10-12,15,19-20,24-25H,2-3,5-6,8-9,13-14,16-18H2,1H3. The lowest BCUT2D eigenvalue weighted by Gasteiger charge is -2.45. The van der Waals surface area contributed by atoms with Gasteiger partial charge in [-0.05, 0) is 92.0 Å². The fourth-order valence-corrected chi connectivity index (χ4v) is 6.06. The summed E-state index contributed by atoms with van der Waals surface area (Å²) in [5.41, 5.74) is 4.73. The molecule has 3 heterocycles. The molecule has 5 heteroatoms. The zero-order valence-electron chi connectivity index (χ0n) is 19.7. The van der Waals surface area contributed by atoms with E-state index in [4.69, 9.17) is 4.74 Å². The van der Waals surface area contributed by atoms with Crippen molar-refractivity contribution in [3.8, 4) is 5.75 Å². The first-order chi connectivity index (χ1) is 16.1. The molecule has 33 heavy (non-hydrogen) atoms. The maximum Gasteiger partial charge on any atom is 0.272 e. The summed E-state index contributed by atoms with van der Waals surface area (Å²) in [5, 5.41) is 0. The third-order valence-electron chi connectivity index (χ3n) is 8.40. The molecule has 1 aromatic carbocycles. The molecule has 0 radical (unpaired) electrons. The molecule has 5 aliphatic rings. The Morgan fingerprint density at radius 3 is 2.58 bits per heavy atom. The van der Waals surface area contributed by atoms with E-state index in [9.17, 15) is 4.79 Å². The number of rotatable bonds is 7. The zero-order chi connectivity index (χ0) is 22.4. The Morgan fingerprint density at radius 1 is 1.06 bits per heavy atom. The molecule has 2 saturated carbocycles. The number of likely N-dealkylation sites (N-methyl/N-ethyl adjacent to an activating group) is 1. The summed E-state index contributed by atoms with van der Waals surface area (Å²) in [7, 11) is 1.92. The van der Waals surface area contributed by atoms with Crippen LogP contribution in [-0.2, 0) is 19.4 Å². The minimum Gasteiger partial charge on any atom is -0.492 e. The van der Waals surface area contributed by atoms with E-state index < -0.39 is 0 Å². The molecular weight excluding hydrogens is 410 g/mol. The number of amides is 1. The number of piperidine rings is 2. The largest absolute Gasteiger partial charge is 0.492 e. The summed E-state index contributed by atoms with van der Waals surface area (Å²) >= 11 is 0. The predicted octanol–water partition coefficient (Wildman–Crippen LogP) is 4.48. The maximum absolute atomic E-state index is 13.1. The number of aromatic nitrogens is 1. The Balaban J connectivity index is 1.07. The Labute approximate surface area is 197 Å².